The first-order valence-corrected chi connectivity index (χ1v) is 9.73. The molecule has 0 atom stereocenters. The fourth-order valence-electron chi connectivity index (χ4n) is 2.80. The normalized spacial score (nSPS) is 11.6. The first-order chi connectivity index (χ1) is 15.1. The van der Waals surface area contributed by atoms with Crippen LogP contribution in [0.1, 0.15) is 22.8 Å². The lowest BCUT2D eigenvalue weighted by Crippen LogP contribution is -2.26. The number of benzene rings is 1. The second kappa shape index (κ2) is 10.5. The Morgan fingerprint density at radius 1 is 1.16 bits per heavy atom. The molecule has 0 saturated heterocycles. The van der Waals surface area contributed by atoms with Crippen LogP contribution >= 0.6 is 0 Å². The van der Waals surface area contributed by atoms with Gasteiger partial charge < -0.3 is 16.4 Å². The average Bonchev–Trinajstić information content (AvgIpc) is 2.82. The Morgan fingerprint density at radius 2 is 1.97 bits per heavy atom. The zero-order valence-corrected chi connectivity index (χ0v) is 17.2. The maximum atomic E-state index is 12.5. The van der Waals surface area contributed by atoms with E-state index in [-0.39, 0.29) is 5.91 Å². The highest BCUT2D eigenvalue weighted by Gasteiger charge is 2.09. The van der Waals surface area contributed by atoms with Gasteiger partial charge in [-0.2, -0.15) is 0 Å². The number of aromatic nitrogens is 3. The van der Waals surface area contributed by atoms with Crippen molar-refractivity contribution in [2.75, 3.05) is 5.32 Å². The monoisotopic (exact) mass is 412 g/mol. The van der Waals surface area contributed by atoms with Crippen molar-refractivity contribution in [3.05, 3.63) is 108 Å². The fourth-order valence-corrected chi connectivity index (χ4v) is 2.80. The molecule has 0 unspecified atom stereocenters. The van der Waals surface area contributed by atoms with Crippen LogP contribution in [0.2, 0.25) is 0 Å². The number of carbonyl (C=O) groups excluding carboxylic acids is 1. The molecule has 2 aromatic heterocycles. The maximum Gasteiger partial charge on any atom is 0.255 e. The summed E-state index contributed by atoms with van der Waals surface area (Å²) in [5.41, 5.74) is 10.1. The number of nitrogens with zero attached hydrogens (tertiary/aromatic N) is 3. The van der Waals surface area contributed by atoms with Crippen LogP contribution in [0.4, 0.5) is 5.95 Å². The molecule has 2 heterocycles. The van der Waals surface area contributed by atoms with Crippen LogP contribution in [0.25, 0.3) is 11.3 Å². The van der Waals surface area contributed by atoms with E-state index >= 15 is 0 Å². The maximum absolute atomic E-state index is 12.5. The smallest absolute Gasteiger partial charge is 0.255 e. The Labute approximate surface area is 181 Å². The van der Waals surface area contributed by atoms with Gasteiger partial charge in [0, 0.05) is 36.3 Å². The summed E-state index contributed by atoms with van der Waals surface area (Å²) in [6, 6.07) is 12.9. The minimum absolute atomic E-state index is 0.236. The molecule has 0 bridgehead atoms. The molecule has 0 aliphatic rings. The Hall–Kier alpha value is -4.26. The number of hydrogen-bond acceptors (Lipinski definition) is 6. The van der Waals surface area contributed by atoms with Crippen LogP contribution in [0.5, 0.6) is 0 Å². The highest BCUT2D eigenvalue weighted by Crippen LogP contribution is 2.16. The van der Waals surface area contributed by atoms with E-state index in [0.717, 1.165) is 16.8 Å². The van der Waals surface area contributed by atoms with Crippen molar-refractivity contribution in [2.24, 2.45) is 5.73 Å². The van der Waals surface area contributed by atoms with Gasteiger partial charge in [-0.25, -0.2) is 9.97 Å². The summed E-state index contributed by atoms with van der Waals surface area (Å²) in [6.07, 6.45) is 10.1. The van der Waals surface area contributed by atoms with Crippen LogP contribution in [-0.2, 0) is 6.54 Å². The summed E-state index contributed by atoms with van der Waals surface area (Å²) in [5.74, 6) is 0.283. The molecule has 0 aliphatic carbocycles. The summed E-state index contributed by atoms with van der Waals surface area (Å²) in [5, 5.41) is 6.01. The van der Waals surface area contributed by atoms with Crippen molar-refractivity contribution in [3.63, 3.8) is 0 Å². The zero-order chi connectivity index (χ0) is 22.1. The van der Waals surface area contributed by atoms with Crippen molar-refractivity contribution >= 4 is 11.9 Å². The number of rotatable bonds is 8. The minimum atomic E-state index is -0.236. The van der Waals surface area contributed by atoms with Crippen LogP contribution in [0.15, 0.2) is 97.3 Å². The number of pyridine rings is 1. The highest BCUT2D eigenvalue weighted by atomic mass is 16.1. The molecule has 31 heavy (non-hydrogen) atoms. The second-order valence-electron chi connectivity index (χ2n) is 6.57. The lowest BCUT2D eigenvalue weighted by molar-refractivity contribution is 0.0966. The van der Waals surface area contributed by atoms with E-state index in [1.54, 1.807) is 55.9 Å². The summed E-state index contributed by atoms with van der Waals surface area (Å²) < 4.78 is 0. The van der Waals surface area contributed by atoms with Crippen LogP contribution < -0.4 is 16.4 Å². The van der Waals surface area contributed by atoms with Gasteiger partial charge in [-0.1, -0.05) is 30.9 Å². The number of nitrogens with two attached hydrogens (primary N) is 1. The van der Waals surface area contributed by atoms with E-state index < -0.39 is 0 Å². The van der Waals surface area contributed by atoms with E-state index in [2.05, 4.69) is 32.2 Å². The molecule has 0 aliphatic heterocycles. The van der Waals surface area contributed by atoms with Crippen LogP contribution in [0, 0.1) is 0 Å². The van der Waals surface area contributed by atoms with Gasteiger partial charge in [0.1, 0.15) is 0 Å². The van der Waals surface area contributed by atoms with Crippen molar-refractivity contribution in [2.45, 2.75) is 13.5 Å². The molecule has 1 amide bonds. The second-order valence-corrected chi connectivity index (χ2v) is 6.57. The van der Waals surface area contributed by atoms with Gasteiger partial charge in [0.15, 0.2) is 0 Å². The predicted molar refractivity (Wildman–Crippen MR) is 123 cm³/mol. The van der Waals surface area contributed by atoms with Crippen molar-refractivity contribution in [1.29, 1.82) is 0 Å². The molecule has 1 aromatic carbocycles. The van der Waals surface area contributed by atoms with Gasteiger partial charge in [0.2, 0.25) is 5.95 Å². The summed E-state index contributed by atoms with van der Waals surface area (Å²) in [7, 11) is 0. The van der Waals surface area contributed by atoms with E-state index in [4.69, 9.17) is 5.73 Å². The third-order valence-corrected chi connectivity index (χ3v) is 4.42. The summed E-state index contributed by atoms with van der Waals surface area (Å²) >= 11 is 0. The Bertz CT molecular complexity index is 1100. The Kier molecular flexibility index (Phi) is 7.26. The molecule has 0 saturated carbocycles. The lowest BCUT2D eigenvalue weighted by atomic mass is 10.1. The van der Waals surface area contributed by atoms with E-state index in [1.165, 1.54) is 0 Å². The van der Waals surface area contributed by atoms with E-state index in [0.29, 0.717) is 29.5 Å². The number of hydrogen-bond donors (Lipinski definition) is 3. The number of nitrogens with one attached hydrogen (secondary N) is 2. The van der Waals surface area contributed by atoms with Gasteiger partial charge in [-0.05, 0) is 48.9 Å². The summed E-state index contributed by atoms with van der Waals surface area (Å²) in [4.78, 5) is 25.4. The van der Waals surface area contributed by atoms with Gasteiger partial charge in [-0.3, -0.25) is 9.78 Å². The van der Waals surface area contributed by atoms with Crippen molar-refractivity contribution in [1.82, 2.24) is 20.3 Å². The zero-order valence-electron chi connectivity index (χ0n) is 17.2. The molecule has 3 aromatic rings. The standard InChI is InChI=1S/C24H24N6O/c1-3-6-20(25)21(4-2)29-23(31)18-10-8-17(9-11-18)15-28-24-27-14-12-22(30-24)19-7-5-13-26-16-19/h3-14,16H,1,15,25H2,2H3,(H,29,31)(H,27,28,30)/b20-6+,21-4+. The largest absolute Gasteiger partial charge is 0.397 e. The lowest BCUT2D eigenvalue weighted by Gasteiger charge is -2.10. The van der Waals surface area contributed by atoms with Crippen molar-refractivity contribution < 1.29 is 4.79 Å². The molecule has 0 radical (unpaired) electrons. The van der Waals surface area contributed by atoms with E-state index in [9.17, 15) is 4.79 Å². The van der Waals surface area contributed by atoms with Gasteiger partial charge in [-0.15, -0.1) is 0 Å². The van der Waals surface area contributed by atoms with Crippen LogP contribution in [-0.4, -0.2) is 20.9 Å². The third kappa shape index (κ3) is 5.86. The molecule has 7 heteroatoms. The van der Waals surface area contributed by atoms with Gasteiger partial charge in [0.25, 0.3) is 5.91 Å². The quantitative estimate of drug-likeness (QED) is 0.486. The molecule has 156 valence electrons. The van der Waals surface area contributed by atoms with Crippen LogP contribution in [0.3, 0.4) is 0 Å². The summed E-state index contributed by atoms with van der Waals surface area (Å²) in [6.45, 7) is 5.94. The number of carbonyl (C=O) groups is 1. The van der Waals surface area contributed by atoms with Crippen molar-refractivity contribution in [3.8, 4) is 11.3 Å². The predicted octanol–water partition coefficient (Wildman–Crippen LogP) is 3.81. The molecular weight excluding hydrogens is 388 g/mol. The molecule has 4 N–H and O–H groups in total. The van der Waals surface area contributed by atoms with Gasteiger partial charge >= 0.3 is 0 Å². The topological polar surface area (TPSA) is 106 Å². The SMILES string of the molecule is C=C/C=C(N)\C(=C/C)NC(=O)c1ccc(CNc2nccc(-c3cccnc3)n2)cc1. The Balaban J connectivity index is 1.62. The average molecular weight is 412 g/mol. The first-order valence-electron chi connectivity index (χ1n) is 9.73. The third-order valence-electron chi connectivity index (χ3n) is 4.42. The minimum Gasteiger partial charge on any atom is -0.397 e. The number of anilines is 1. The molecule has 0 spiro atoms. The van der Waals surface area contributed by atoms with Gasteiger partial charge in [0.05, 0.1) is 17.1 Å². The number of amides is 1. The molecule has 3 rings (SSSR count). The Morgan fingerprint density at radius 3 is 2.65 bits per heavy atom. The number of allylic oxidation sites excluding steroid dienone is 3. The molecule has 0 fully saturated rings. The highest BCUT2D eigenvalue weighted by molar-refractivity contribution is 5.95. The van der Waals surface area contributed by atoms with E-state index in [1.807, 2.05) is 30.3 Å². The molecule has 7 nitrogen and oxygen atoms in total. The fraction of sp³-hybridized carbons (Fsp3) is 0.0833. The first kappa shape index (κ1) is 21.4. The molecular formula is C24H24N6O.